The summed E-state index contributed by atoms with van der Waals surface area (Å²) in [6.45, 7) is 0.643. The fourth-order valence-electron chi connectivity index (χ4n) is 2.48. The number of rotatable bonds is 8. The number of carbonyl (C=O) groups is 3. The summed E-state index contributed by atoms with van der Waals surface area (Å²) in [5, 5.41) is 10.4. The first-order valence-corrected chi connectivity index (χ1v) is 9.08. The third-order valence-electron chi connectivity index (χ3n) is 3.83. The van der Waals surface area contributed by atoms with Crippen LogP contribution in [-0.4, -0.2) is 40.7 Å². The Morgan fingerprint density at radius 3 is 2.00 bits per heavy atom. The van der Waals surface area contributed by atoms with Gasteiger partial charge in [0.25, 0.3) is 5.24 Å². The van der Waals surface area contributed by atoms with E-state index in [0.29, 0.717) is 31.1 Å². The minimum Gasteiger partial charge on any atom is -0.490 e. The summed E-state index contributed by atoms with van der Waals surface area (Å²) >= 11 is 1.01. The number of nitrogens with one attached hydrogen (secondary N) is 1. The third-order valence-corrected chi connectivity index (χ3v) is 4.81. The predicted molar refractivity (Wildman–Crippen MR) is 99.5 cm³/mol. The number of imide groups is 1. The van der Waals surface area contributed by atoms with Crippen LogP contribution < -0.4 is 14.8 Å². The van der Waals surface area contributed by atoms with Gasteiger partial charge in [-0.2, -0.15) is 0 Å². The van der Waals surface area contributed by atoms with Crippen LogP contribution in [0.2, 0.25) is 0 Å². The van der Waals surface area contributed by atoms with E-state index in [2.05, 4.69) is 5.32 Å². The number of aromatic carboxylic acids is 1. The molecule has 8 heteroatoms. The molecule has 1 fully saturated rings. The highest BCUT2D eigenvalue weighted by atomic mass is 32.2. The van der Waals surface area contributed by atoms with Crippen LogP contribution in [0.5, 0.6) is 11.5 Å². The van der Waals surface area contributed by atoms with Gasteiger partial charge in [-0.1, -0.05) is 23.9 Å². The molecule has 0 aliphatic carbocycles. The van der Waals surface area contributed by atoms with Gasteiger partial charge in [0.2, 0.25) is 5.91 Å². The number of hydrogen-bond donors (Lipinski definition) is 2. The molecule has 1 aliphatic rings. The summed E-state index contributed by atoms with van der Waals surface area (Å²) < 4.78 is 11.1. The normalized spacial score (nSPS) is 16.1. The standard InChI is InChI=1S/C19H17NO6S/c21-17-16(27-19(24)20-17)11-12-1-5-14(6-2-12)25-9-10-26-15-7-3-13(4-8-15)18(22)23/h1-8,16H,9-11H2,(H,22,23)(H,20,21,24). The third kappa shape index (κ3) is 5.24. The fourth-order valence-corrected chi connectivity index (χ4v) is 3.34. The highest BCUT2D eigenvalue weighted by molar-refractivity contribution is 8.15. The van der Waals surface area contributed by atoms with E-state index >= 15 is 0 Å². The molecule has 2 amide bonds. The summed E-state index contributed by atoms with van der Waals surface area (Å²) in [6.07, 6.45) is 0.484. The molecule has 1 aliphatic heterocycles. The van der Waals surface area contributed by atoms with Crippen molar-refractivity contribution in [2.75, 3.05) is 13.2 Å². The predicted octanol–water partition coefficient (Wildman–Crippen LogP) is 2.74. The number of carbonyl (C=O) groups excluding carboxylic acids is 2. The maximum Gasteiger partial charge on any atom is 0.335 e. The topological polar surface area (TPSA) is 102 Å². The van der Waals surface area contributed by atoms with Crippen molar-refractivity contribution in [1.29, 1.82) is 0 Å². The van der Waals surface area contributed by atoms with Gasteiger partial charge in [0.1, 0.15) is 24.7 Å². The second-order valence-corrected chi connectivity index (χ2v) is 6.93. The number of amides is 2. The second-order valence-electron chi connectivity index (χ2n) is 5.76. The van der Waals surface area contributed by atoms with Crippen molar-refractivity contribution in [2.24, 2.45) is 0 Å². The molecule has 0 saturated carbocycles. The van der Waals surface area contributed by atoms with Crippen molar-refractivity contribution in [3.05, 3.63) is 59.7 Å². The molecular formula is C19H17NO6S. The minimum atomic E-state index is -0.980. The maximum atomic E-state index is 11.6. The average Bonchev–Trinajstić information content (AvgIpc) is 2.97. The van der Waals surface area contributed by atoms with E-state index in [4.69, 9.17) is 14.6 Å². The summed E-state index contributed by atoms with van der Waals surface area (Å²) in [5.74, 6) is 0.00922. The maximum absolute atomic E-state index is 11.6. The van der Waals surface area contributed by atoms with Crippen LogP contribution in [0.15, 0.2) is 48.5 Å². The quantitative estimate of drug-likeness (QED) is 0.672. The Bertz CT molecular complexity index is 834. The van der Waals surface area contributed by atoms with Crippen LogP contribution in [0, 0.1) is 0 Å². The first kappa shape index (κ1) is 18.8. The highest BCUT2D eigenvalue weighted by Crippen LogP contribution is 2.23. The molecule has 2 aromatic carbocycles. The fraction of sp³-hybridized carbons (Fsp3) is 0.211. The van der Waals surface area contributed by atoms with Crippen LogP contribution in [0.25, 0.3) is 0 Å². The zero-order chi connectivity index (χ0) is 19.2. The molecule has 2 N–H and O–H groups in total. The zero-order valence-corrected chi connectivity index (χ0v) is 15.0. The van der Waals surface area contributed by atoms with E-state index in [1.807, 2.05) is 12.1 Å². The Morgan fingerprint density at radius 2 is 1.52 bits per heavy atom. The molecule has 140 valence electrons. The molecule has 0 radical (unpaired) electrons. The molecule has 0 bridgehead atoms. The molecule has 2 aromatic rings. The molecule has 0 aromatic heterocycles. The smallest absolute Gasteiger partial charge is 0.335 e. The Balaban J connectivity index is 1.41. The molecule has 27 heavy (non-hydrogen) atoms. The number of carboxylic acid groups (broad SMARTS) is 1. The molecule has 3 rings (SSSR count). The van der Waals surface area contributed by atoms with Crippen molar-refractivity contribution in [1.82, 2.24) is 5.32 Å². The molecule has 1 heterocycles. The minimum absolute atomic E-state index is 0.205. The monoisotopic (exact) mass is 387 g/mol. The van der Waals surface area contributed by atoms with Gasteiger partial charge in [0.15, 0.2) is 0 Å². The van der Waals surface area contributed by atoms with Crippen molar-refractivity contribution in [3.63, 3.8) is 0 Å². The Hall–Kier alpha value is -3.00. The lowest BCUT2D eigenvalue weighted by Crippen LogP contribution is -2.25. The van der Waals surface area contributed by atoms with Crippen LogP contribution in [0.3, 0.4) is 0 Å². The first-order chi connectivity index (χ1) is 13.0. The molecule has 1 unspecified atom stereocenters. The lowest BCUT2D eigenvalue weighted by Gasteiger charge is -2.10. The summed E-state index contributed by atoms with van der Waals surface area (Å²) in [5.41, 5.74) is 1.15. The Kier molecular flexibility index (Phi) is 5.97. The van der Waals surface area contributed by atoms with E-state index in [0.717, 1.165) is 17.3 Å². The largest absolute Gasteiger partial charge is 0.490 e. The second kappa shape index (κ2) is 8.59. The zero-order valence-electron chi connectivity index (χ0n) is 14.2. The Morgan fingerprint density at radius 1 is 0.963 bits per heavy atom. The van der Waals surface area contributed by atoms with Gasteiger partial charge in [-0.05, 0) is 48.4 Å². The summed E-state index contributed by atoms with van der Waals surface area (Å²) in [6, 6.07) is 13.5. The number of benzene rings is 2. The number of ether oxygens (including phenoxy) is 2. The average molecular weight is 387 g/mol. The van der Waals surface area contributed by atoms with Gasteiger partial charge in [0.05, 0.1) is 10.8 Å². The lowest BCUT2D eigenvalue weighted by atomic mass is 10.1. The number of thioether (sulfide) groups is 1. The van der Waals surface area contributed by atoms with Gasteiger partial charge in [-0.25, -0.2) is 4.79 Å². The van der Waals surface area contributed by atoms with Gasteiger partial charge in [-0.15, -0.1) is 0 Å². The summed E-state index contributed by atoms with van der Waals surface area (Å²) in [4.78, 5) is 33.5. The number of hydrogen-bond acceptors (Lipinski definition) is 6. The van der Waals surface area contributed by atoms with Crippen LogP contribution in [0.1, 0.15) is 15.9 Å². The Labute approximate surface area is 159 Å². The SMILES string of the molecule is O=C1NC(=O)C(Cc2ccc(OCCOc3ccc(C(=O)O)cc3)cc2)S1. The molecule has 1 atom stereocenters. The first-order valence-electron chi connectivity index (χ1n) is 8.20. The van der Waals surface area contributed by atoms with E-state index in [9.17, 15) is 14.4 Å². The van der Waals surface area contributed by atoms with Crippen molar-refractivity contribution >= 4 is 28.9 Å². The molecule has 1 saturated heterocycles. The van der Waals surface area contributed by atoms with Gasteiger partial charge in [0, 0.05) is 0 Å². The van der Waals surface area contributed by atoms with E-state index < -0.39 is 5.97 Å². The lowest BCUT2D eigenvalue weighted by molar-refractivity contribution is -0.118. The molecule has 0 spiro atoms. The van der Waals surface area contributed by atoms with E-state index in [1.54, 1.807) is 24.3 Å². The molecule has 7 nitrogen and oxygen atoms in total. The van der Waals surface area contributed by atoms with E-state index in [-0.39, 0.29) is 22.0 Å². The summed E-state index contributed by atoms with van der Waals surface area (Å²) in [7, 11) is 0. The van der Waals surface area contributed by atoms with Crippen molar-refractivity contribution in [3.8, 4) is 11.5 Å². The number of carboxylic acids is 1. The van der Waals surface area contributed by atoms with Gasteiger partial charge >= 0.3 is 5.97 Å². The van der Waals surface area contributed by atoms with Crippen LogP contribution in [-0.2, 0) is 11.2 Å². The van der Waals surface area contributed by atoms with Gasteiger partial charge < -0.3 is 14.6 Å². The van der Waals surface area contributed by atoms with Crippen LogP contribution in [0.4, 0.5) is 4.79 Å². The van der Waals surface area contributed by atoms with Crippen molar-refractivity contribution in [2.45, 2.75) is 11.7 Å². The highest BCUT2D eigenvalue weighted by Gasteiger charge is 2.31. The van der Waals surface area contributed by atoms with Gasteiger partial charge in [-0.3, -0.25) is 14.9 Å². The molecular weight excluding hydrogens is 370 g/mol. The van der Waals surface area contributed by atoms with Crippen LogP contribution >= 0.6 is 11.8 Å². The van der Waals surface area contributed by atoms with Crippen molar-refractivity contribution < 1.29 is 29.0 Å². The van der Waals surface area contributed by atoms with E-state index in [1.165, 1.54) is 12.1 Å².